The van der Waals surface area contributed by atoms with Crippen LogP contribution < -0.4 is 5.32 Å². The molecule has 5 heteroatoms. The molecule has 1 N–H and O–H groups in total. The van der Waals surface area contributed by atoms with E-state index in [1.165, 1.54) is 0 Å². The summed E-state index contributed by atoms with van der Waals surface area (Å²) >= 11 is 0. The summed E-state index contributed by atoms with van der Waals surface area (Å²) in [7, 11) is 4.08. The minimum absolute atomic E-state index is 0.175. The number of ether oxygens (including phenoxy) is 1. The molecular weight excluding hydrogens is 206 g/mol. The predicted octanol–water partition coefficient (Wildman–Crippen LogP) is -0.615. The van der Waals surface area contributed by atoms with Crippen LogP contribution in [0, 0.1) is 0 Å². The van der Waals surface area contributed by atoms with Gasteiger partial charge in [0, 0.05) is 25.7 Å². The van der Waals surface area contributed by atoms with E-state index < -0.39 is 0 Å². The largest absolute Gasteiger partial charge is 0.378 e. The van der Waals surface area contributed by atoms with E-state index in [9.17, 15) is 4.79 Å². The van der Waals surface area contributed by atoms with Crippen molar-refractivity contribution in [2.45, 2.75) is 13.0 Å². The van der Waals surface area contributed by atoms with Gasteiger partial charge in [-0.25, -0.2) is 0 Å². The maximum atomic E-state index is 11.7. The number of nitrogens with one attached hydrogen (secondary N) is 1. The number of hydrogen-bond acceptors (Lipinski definition) is 4. The number of carbonyl (C=O) groups excluding carboxylic acids is 1. The lowest BCUT2D eigenvalue weighted by molar-refractivity contribution is -0.134. The number of likely N-dealkylation sites (N-methyl/N-ethyl adjacent to an activating group) is 1. The maximum Gasteiger partial charge on any atom is 0.236 e. The first kappa shape index (κ1) is 13.4. The zero-order valence-electron chi connectivity index (χ0n) is 10.5. The molecule has 1 aliphatic heterocycles. The fourth-order valence-electron chi connectivity index (χ4n) is 1.50. The van der Waals surface area contributed by atoms with Crippen LogP contribution >= 0.6 is 0 Å². The third kappa shape index (κ3) is 4.47. The van der Waals surface area contributed by atoms with Crippen molar-refractivity contribution < 1.29 is 9.53 Å². The summed E-state index contributed by atoms with van der Waals surface area (Å²) in [6, 6.07) is 0.442. The van der Waals surface area contributed by atoms with Crippen LogP contribution in [0.3, 0.4) is 0 Å². The van der Waals surface area contributed by atoms with Crippen LogP contribution in [0.15, 0.2) is 0 Å². The Morgan fingerprint density at radius 2 is 2.06 bits per heavy atom. The van der Waals surface area contributed by atoms with E-state index in [2.05, 4.69) is 17.1 Å². The molecule has 0 radical (unpaired) electrons. The summed E-state index contributed by atoms with van der Waals surface area (Å²) in [4.78, 5) is 15.7. The lowest BCUT2D eigenvalue weighted by atomic mass is 10.3. The second kappa shape index (κ2) is 6.83. The fourth-order valence-corrected chi connectivity index (χ4v) is 1.50. The SMILES string of the molecule is CC(CNCC(=O)N1CCOCC1)N(C)C. The molecule has 16 heavy (non-hydrogen) atoms. The molecule has 0 aromatic carbocycles. The zero-order valence-corrected chi connectivity index (χ0v) is 10.5. The molecule has 0 saturated carbocycles. The van der Waals surface area contributed by atoms with Crippen molar-refractivity contribution in [3.8, 4) is 0 Å². The van der Waals surface area contributed by atoms with Crippen LogP contribution in [0.1, 0.15) is 6.92 Å². The number of rotatable bonds is 5. The van der Waals surface area contributed by atoms with Crippen LogP contribution in [-0.2, 0) is 9.53 Å². The summed E-state index contributed by atoms with van der Waals surface area (Å²) in [6.07, 6.45) is 0. The summed E-state index contributed by atoms with van der Waals surface area (Å²) in [6.45, 7) is 6.18. The van der Waals surface area contributed by atoms with Crippen LogP contribution in [0.5, 0.6) is 0 Å². The molecule has 1 unspecified atom stereocenters. The summed E-state index contributed by atoms with van der Waals surface area (Å²) in [5.74, 6) is 0.175. The van der Waals surface area contributed by atoms with E-state index in [0.717, 1.165) is 19.6 Å². The molecule has 0 bridgehead atoms. The molecule has 0 aliphatic carbocycles. The van der Waals surface area contributed by atoms with Gasteiger partial charge in [-0.1, -0.05) is 0 Å². The second-order valence-corrected chi connectivity index (χ2v) is 4.44. The Kier molecular flexibility index (Phi) is 5.73. The molecule has 1 amide bonds. The highest BCUT2D eigenvalue weighted by molar-refractivity contribution is 5.78. The first-order valence-corrected chi connectivity index (χ1v) is 5.84. The molecule has 1 rings (SSSR count). The molecule has 1 saturated heterocycles. The highest BCUT2D eigenvalue weighted by Gasteiger charge is 2.16. The van der Waals surface area contributed by atoms with Crippen molar-refractivity contribution in [2.24, 2.45) is 0 Å². The van der Waals surface area contributed by atoms with Gasteiger partial charge in [0.2, 0.25) is 5.91 Å². The minimum Gasteiger partial charge on any atom is -0.378 e. The van der Waals surface area contributed by atoms with E-state index in [0.29, 0.717) is 25.8 Å². The van der Waals surface area contributed by atoms with Gasteiger partial charge in [0.1, 0.15) is 0 Å². The molecule has 1 heterocycles. The van der Waals surface area contributed by atoms with E-state index >= 15 is 0 Å². The predicted molar refractivity (Wildman–Crippen MR) is 63.4 cm³/mol. The third-order valence-electron chi connectivity index (χ3n) is 2.96. The molecule has 0 spiro atoms. The lowest BCUT2D eigenvalue weighted by Gasteiger charge is -2.27. The zero-order chi connectivity index (χ0) is 12.0. The number of amides is 1. The number of carbonyl (C=O) groups is 1. The van der Waals surface area contributed by atoms with Gasteiger partial charge in [0.25, 0.3) is 0 Å². The minimum atomic E-state index is 0.175. The van der Waals surface area contributed by atoms with Crippen molar-refractivity contribution in [3.05, 3.63) is 0 Å². The van der Waals surface area contributed by atoms with Crippen molar-refractivity contribution in [2.75, 3.05) is 53.5 Å². The molecule has 94 valence electrons. The highest BCUT2D eigenvalue weighted by Crippen LogP contribution is 1.96. The number of hydrogen-bond donors (Lipinski definition) is 1. The standard InChI is InChI=1S/C11H23N3O2/c1-10(13(2)3)8-12-9-11(15)14-4-6-16-7-5-14/h10,12H,4-9H2,1-3H3. The van der Waals surface area contributed by atoms with E-state index in [1.807, 2.05) is 19.0 Å². The Labute approximate surface area is 97.7 Å². The Hall–Kier alpha value is -0.650. The Bertz CT molecular complexity index is 215. The third-order valence-corrected chi connectivity index (χ3v) is 2.96. The molecule has 0 aromatic heterocycles. The molecular formula is C11H23N3O2. The van der Waals surface area contributed by atoms with Gasteiger partial charge in [-0.2, -0.15) is 0 Å². The van der Waals surface area contributed by atoms with E-state index in [-0.39, 0.29) is 5.91 Å². The second-order valence-electron chi connectivity index (χ2n) is 4.44. The quantitative estimate of drug-likeness (QED) is 0.683. The van der Waals surface area contributed by atoms with Gasteiger partial charge in [-0.15, -0.1) is 0 Å². The molecule has 1 aliphatic rings. The first-order chi connectivity index (χ1) is 7.61. The average Bonchev–Trinajstić information content (AvgIpc) is 2.29. The van der Waals surface area contributed by atoms with Crippen LogP contribution in [0.4, 0.5) is 0 Å². The summed E-state index contributed by atoms with van der Waals surface area (Å²) in [5.41, 5.74) is 0. The molecule has 1 fully saturated rings. The first-order valence-electron chi connectivity index (χ1n) is 5.84. The molecule has 1 atom stereocenters. The fraction of sp³-hybridized carbons (Fsp3) is 0.909. The summed E-state index contributed by atoms with van der Waals surface area (Å²) in [5, 5.41) is 3.19. The van der Waals surface area contributed by atoms with Crippen molar-refractivity contribution >= 4 is 5.91 Å². The van der Waals surface area contributed by atoms with Crippen LogP contribution in [0.2, 0.25) is 0 Å². The van der Waals surface area contributed by atoms with Gasteiger partial charge in [-0.3, -0.25) is 4.79 Å². The smallest absolute Gasteiger partial charge is 0.236 e. The van der Waals surface area contributed by atoms with Gasteiger partial charge in [0.05, 0.1) is 19.8 Å². The van der Waals surface area contributed by atoms with Crippen LogP contribution in [-0.4, -0.2) is 75.2 Å². The summed E-state index contributed by atoms with van der Waals surface area (Å²) < 4.78 is 5.20. The van der Waals surface area contributed by atoms with Crippen molar-refractivity contribution in [3.63, 3.8) is 0 Å². The van der Waals surface area contributed by atoms with Gasteiger partial charge in [-0.05, 0) is 21.0 Å². The van der Waals surface area contributed by atoms with E-state index in [1.54, 1.807) is 0 Å². The van der Waals surface area contributed by atoms with Gasteiger partial charge >= 0.3 is 0 Å². The van der Waals surface area contributed by atoms with Crippen molar-refractivity contribution in [1.82, 2.24) is 15.1 Å². The Morgan fingerprint density at radius 3 is 2.62 bits per heavy atom. The Balaban J connectivity index is 2.14. The lowest BCUT2D eigenvalue weighted by Crippen LogP contribution is -2.46. The van der Waals surface area contributed by atoms with Gasteiger partial charge < -0.3 is 19.9 Å². The molecule has 0 aromatic rings. The van der Waals surface area contributed by atoms with Gasteiger partial charge in [0.15, 0.2) is 0 Å². The Morgan fingerprint density at radius 1 is 1.44 bits per heavy atom. The monoisotopic (exact) mass is 229 g/mol. The number of nitrogens with zero attached hydrogens (tertiary/aromatic N) is 2. The molecule has 5 nitrogen and oxygen atoms in total. The highest BCUT2D eigenvalue weighted by atomic mass is 16.5. The number of morpholine rings is 1. The topological polar surface area (TPSA) is 44.8 Å². The normalized spacial score (nSPS) is 18.9. The van der Waals surface area contributed by atoms with Crippen molar-refractivity contribution in [1.29, 1.82) is 0 Å². The maximum absolute atomic E-state index is 11.7. The average molecular weight is 229 g/mol. The van der Waals surface area contributed by atoms with Crippen LogP contribution in [0.25, 0.3) is 0 Å². The van der Waals surface area contributed by atoms with E-state index in [4.69, 9.17) is 4.74 Å².